The summed E-state index contributed by atoms with van der Waals surface area (Å²) in [4.78, 5) is 0. The molecule has 0 amide bonds. The molecule has 0 heterocycles. The fourth-order valence-corrected chi connectivity index (χ4v) is 2.35. The lowest BCUT2D eigenvalue weighted by Crippen LogP contribution is -2.05. The molecule has 0 saturated heterocycles. The lowest BCUT2D eigenvalue weighted by atomic mass is 10.2. The molecular weight excluding hydrogens is 318 g/mol. The van der Waals surface area contributed by atoms with E-state index in [1.54, 1.807) is 0 Å². The number of halogens is 1. The third-order valence-corrected chi connectivity index (χ3v) is 3.48. The normalized spacial score (nSPS) is 10.3. The highest BCUT2D eigenvalue weighted by Crippen LogP contribution is 2.29. The molecule has 0 saturated carbocycles. The molecule has 0 bridgehead atoms. The van der Waals surface area contributed by atoms with E-state index < -0.39 is 0 Å². The van der Waals surface area contributed by atoms with Crippen LogP contribution < -0.4 is 14.8 Å². The molecular formula is C16H18BrNO2. The molecule has 0 aliphatic rings. The Morgan fingerprint density at radius 3 is 2.50 bits per heavy atom. The summed E-state index contributed by atoms with van der Waals surface area (Å²) in [5.74, 6) is 2.38. The number of benzene rings is 2. The Kier molecular flexibility index (Phi) is 5.44. The van der Waals surface area contributed by atoms with Crippen molar-refractivity contribution in [1.82, 2.24) is 5.32 Å². The highest BCUT2D eigenvalue weighted by Gasteiger charge is 2.04. The zero-order valence-corrected chi connectivity index (χ0v) is 13.2. The Balaban J connectivity index is 2.13. The fraction of sp³-hybridized carbons (Fsp3) is 0.250. The van der Waals surface area contributed by atoms with E-state index in [-0.39, 0.29) is 0 Å². The maximum Gasteiger partial charge on any atom is 0.131 e. The van der Waals surface area contributed by atoms with Gasteiger partial charge in [0.2, 0.25) is 0 Å². The summed E-state index contributed by atoms with van der Waals surface area (Å²) in [6, 6.07) is 13.6. The zero-order chi connectivity index (χ0) is 14.4. The smallest absolute Gasteiger partial charge is 0.131 e. The van der Waals surface area contributed by atoms with Gasteiger partial charge < -0.3 is 14.8 Å². The Morgan fingerprint density at radius 1 is 1.05 bits per heavy atom. The third kappa shape index (κ3) is 3.99. The van der Waals surface area contributed by atoms with Crippen LogP contribution in [0.2, 0.25) is 0 Å². The highest BCUT2D eigenvalue weighted by molar-refractivity contribution is 9.10. The second-order valence-electron chi connectivity index (χ2n) is 4.29. The van der Waals surface area contributed by atoms with E-state index in [1.165, 1.54) is 5.56 Å². The maximum atomic E-state index is 5.85. The Bertz CT molecular complexity index is 572. The van der Waals surface area contributed by atoms with Gasteiger partial charge in [0.25, 0.3) is 0 Å². The first kappa shape index (κ1) is 14.9. The molecule has 0 atom stereocenters. The van der Waals surface area contributed by atoms with Gasteiger partial charge in [0.15, 0.2) is 0 Å². The van der Waals surface area contributed by atoms with Crippen LogP contribution in [-0.4, -0.2) is 13.7 Å². The van der Waals surface area contributed by atoms with Crippen molar-refractivity contribution in [2.45, 2.75) is 13.5 Å². The van der Waals surface area contributed by atoms with Crippen molar-refractivity contribution < 1.29 is 9.47 Å². The van der Waals surface area contributed by atoms with Crippen molar-refractivity contribution in [3.63, 3.8) is 0 Å². The van der Waals surface area contributed by atoms with Gasteiger partial charge in [0.1, 0.15) is 17.2 Å². The van der Waals surface area contributed by atoms with Crippen LogP contribution in [0.3, 0.4) is 0 Å². The predicted molar refractivity (Wildman–Crippen MR) is 84.6 cm³/mol. The van der Waals surface area contributed by atoms with Crippen LogP contribution in [-0.2, 0) is 6.54 Å². The molecule has 0 unspecified atom stereocenters. The van der Waals surface area contributed by atoms with Crippen LogP contribution in [0, 0.1) is 0 Å². The minimum absolute atomic E-state index is 0.647. The molecule has 0 aromatic heterocycles. The molecule has 0 radical (unpaired) electrons. The Hall–Kier alpha value is -1.52. The Morgan fingerprint density at radius 2 is 1.80 bits per heavy atom. The summed E-state index contributed by atoms with van der Waals surface area (Å²) in [5.41, 5.74) is 1.20. The molecule has 0 fully saturated rings. The van der Waals surface area contributed by atoms with Crippen LogP contribution in [0.15, 0.2) is 46.9 Å². The fourth-order valence-electron chi connectivity index (χ4n) is 1.86. The Labute approximate surface area is 128 Å². The molecule has 2 aromatic carbocycles. The lowest BCUT2D eigenvalue weighted by Gasteiger charge is -2.10. The number of hydrogen-bond acceptors (Lipinski definition) is 3. The van der Waals surface area contributed by atoms with Gasteiger partial charge in [-0.1, -0.05) is 28.1 Å². The van der Waals surface area contributed by atoms with Gasteiger partial charge in [0.05, 0.1) is 6.61 Å². The SMILES string of the molecule is CCOc1cccc(Oc2ccc(CNC)c(Br)c2)c1. The molecule has 0 aliphatic heterocycles. The molecule has 2 rings (SSSR count). The van der Waals surface area contributed by atoms with Gasteiger partial charge in [-0.05, 0) is 43.8 Å². The van der Waals surface area contributed by atoms with E-state index in [9.17, 15) is 0 Å². The van der Waals surface area contributed by atoms with Crippen molar-refractivity contribution in [3.8, 4) is 17.2 Å². The number of hydrogen-bond donors (Lipinski definition) is 1. The summed E-state index contributed by atoms with van der Waals surface area (Å²) in [7, 11) is 1.93. The van der Waals surface area contributed by atoms with E-state index in [2.05, 4.69) is 21.2 Å². The first-order valence-corrected chi connectivity index (χ1v) is 7.36. The first-order valence-electron chi connectivity index (χ1n) is 6.56. The van der Waals surface area contributed by atoms with Gasteiger partial charge >= 0.3 is 0 Å². The van der Waals surface area contributed by atoms with Crippen molar-refractivity contribution >= 4 is 15.9 Å². The lowest BCUT2D eigenvalue weighted by molar-refractivity contribution is 0.338. The second kappa shape index (κ2) is 7.31. The van der Waals surface area contributed by atoms with Crippen LogP contribution in [0.4, 0.5) is 0 Å². The van der Waals surface area contributed by atoms with E-state index in [0.29, 0.717) is 6.61 Å². The standard InChI is InChI=1S/C16H18BrNO2/c1-3-19-13-5-4-6-14(9-13)20-15-8-7-12(11-18-2)16(17)10-15/h4-10,18H,3,11H2,1-2H3. The molecule has 2 aromatic rings. The summed E-state index contributed by atoms with van der Waals surface area (Å²) in [6.45, 7) is 3.43. The van der Waals surface area contributed by atoms with E-state index in [1.807, 2.05) is 56.4 Å². The summed E-state index contributed by atoms with van der Waals surface area (Å²) < 4.78 is 12.3. The molecule has 0 aliphatic carbocycles. The minimum atomic E-state index is 0.647. The summed E-state index contributed by atoms with van der Waals surface area (Å²) in [5, 5.41) is 3.13. The molecule has 106 valence electrons. The predicted octanol–water partition coefficient (Wildman–Crippen LogP) is 4.36. The van der Waals surface area contributed by atoms with Crippen LogP contribution in [0.25, 0.3) is 0 Å². The quantitative estimate of drug-likeness (QED) is 0.850. The first-order chi connectivity index (χ1) is 9.72. The van der Waals surface area contributed by atoms with Gasteiger partial charge in [0, 0.05) is 17.1 Å². The molecule has 3 nitrogen and oxygen atoms in total. The monoisotopic (exact) mass is 335 g/mol. The van der Waals surface area contributed by atoms with Crippen LogP contribution >= 0.6 is 15.9 Å². The highest BCUT2D eigenvalue weighted by atomic mass is 79.9. The number of ether oxygens (including phenoxy) is 2. The molecule has 20 heavy (non-hydrogen) atoms. The molecule has 0 spiro atoms. The van der Waals surface area contributed by atoms with Crippen LogP contribution in [0.5, 0.6) is 17.2 Å². The van der Waals surface area contributed by atoms with Gasteiger partial charge in [-0.3, -0.25) is 0 Å². The largest absolute Gasteiger partial charge is 0.494 e. The molecule has 1 N–H and O–H groups in total. The van der Waals surface area contributed by atoms with E-state index >= 15 is 0 Å². The van der Waals surface area contributed by atoms with Crippen LogP contribution in [0.1, 0.15) is 12.5 Å². The summed E-state index contributed by atoms with van der Waals surface area (Å²) >= 11 is 3.56. The average molecular weight is 336 g/mol. The topological polar surface area (TPSA) is 30.5 Å². The maximum absolute atomic E-state index is 5.85. The third-order valence-electron chi connectivity index (χ3n) is 2.74. The van der Waals surface area contributed by atoms with Crippen molar-refractivity contribution in [3.05, 3.63) is 52.5 Å². The van der Waals surface area contributed by atoms with Gasteiger partial charge in [-0.25, -0.2) is 0 Å². The average Bonchev–Trinajstić information content (AvgIpc) is 2.43. The van der Waals surface area contributed by atoms with Crippen molar-refractivity contribution in [2.75, 3.05) is 13.7 Å². The summed E-state index contributed by atoms with van der Waals surface area (Å²) in [6.07, 6.45) is 0. The number of nitrogens with one attached hydrogen (secondary N) is 1. The van der Waals surface area contributed by atoms with Crippen molar-refractivity contribution in [1.29, 1.82) is 0 Å². The second-order valence-corrected chi connectivity index (χ2v) is 5.15. The van der Waals surface area contributed by atoms with Crippen molar-refractivity contribution in [2.24, 2.45) is 0 Å². The zero-order valence-electron chi connectivity index (χ0n) is 11.7. The van der Waals surface area contributed by atoms with Gasteiger partial charge in [-0.15, -0.1) is 0 Å². The van der Waals surface area contributed by atoms with Gasteiger partial charge in [-0.2, -0.15) is 0 Å². The van der Waals surface area contributed by atoms with E-state index in [4.69, 9.17) is 9.47 Å². The molecule has 4 heteroatoms. The van der Waals surface area contributed by atoms with E-state index in [0.717, 1.165) is 28.3 Å². The minimum Gasteiger partial charge on any atom is -0.494 e. The number of rotatable bonds is 6.